The summed E-state index contributed by atoms with van der Waals surface area (Å²) < 4.78 is 2.22. The molecule has 3 heterocycles. The number of nitrogens with zero attached hydrogens (tertiary/aromatic N) is 4. The summed E-state index contributed by atoms with van der Waals surface area (Å²) in [5.74, 6) is 0.178. The van der Waals surface area contributed by atoms with Crippen molar-refractivity contribution in [3.05, 3.63) is 52.1 Å². The third-order valence-electron chi connectivity index (χ3n) is 5.38. The average Bonchev–Trinajstić information content (AvgIpc) is 3.15. The third kappa shape index (κ3) is 4.38. The van der Waals surface area contributed by atoms with Crippen LogP contribution in [0.15, 0.2) is 35.4 Å². The van der Waals surface area contributed by atoms with E-state index in [0.717, 1.165) is 36.6 Å². The molecule has 1 aliphatic heterocycles. The summed E-state index contributed by atoms with van der Waals surface area (Å²) >= 11 is 1.40. The van der Waals surface area contributed by atoms with Crippen LogP contribution in [0.1, 0.15) is 37.8 Å². The zero-order valence-electron chi connectivity index (χ0n) is 17.6. The normalized spacial score (nSPS) is 15.1. The molecular weight excluding hydrogens is 398 g/mol. The molecule has 3 aromatic rings. The Morgan fingerprint density at radius 2 is 2.07 bits per heavy atom. The van der Waals surface area contributed by atoms with Crippen molar-refractivity contribution < 1.29 is 4.79 Å². The van der Waals surface area contributed by atoms with Crippen molar-refractivity contribution in [1.29, 1.82) is 0 Å². The van der Waals surface area contributed by atoms with Gasteiger partial charge in [0.15, 0.2) is 10.8 Å². The fraction of sp³-hybridized carbons (Fsp3) is 0.455. The molecule has 1 N–H and O–H groups in total. The number of piperidine rings is 1. The van der Waals surface area contributed by atoms with Crippen molar-refractivity contribution in [1.82, 2.24) is 19.9 Å². The number of anilines is 1. The number of amides is 1. The van der Waals surface area contributed by atoms with Crippen LogP contribution >= 0.6 is 11.3 Å². The second-order valence-corrected chi connectivity index (χ2v) is 9.22. The van der Waals surface area contributed by atoms with Gasteiger partial charge in [0.2, 0.25) is 5.91 Å². The molecule has 7 nitrogen and oxygen atoms in total. The molecule has 1 saturated heterocycles. The molecule has 0 aliphatic carbocycles. The Morgan fingerprint density at radius 1 is 1.30 bits per heavy atom. The van der Waals surface area contributed by atoms with E-state index in [4.69, 9.17) is 0 Å². The minimum Gasteiger partial charge on any atom is -0.354 e. The average molecular weight is 426 g/mol. The van der Waals surface area contributed by atoms with Crippen LogP contribution in [0, 0.1) is 12.8 Å². The van der Waals surface area contributed by atoms with E-state index in [1.165, 1.54) is 16.9 Å². The molecule has 0 radical (unpaired) electrons. The maximum absolute atomic E-state index is 13.0. The Kier molecular flexibility index (Phi) is 5.85. The van der Waals surface area contributed by atoms with E-state index < -0.39 is 0 Å². The minimum atomic E-state index is -0.0588. The van der Waals surface area contributed by atoms with Gasteiger partial charge in [-0.2, -0.15) is 4.98 Å². The number of carbonyl (C=O) groups excluding carboxylic acids is 1. The van der Waals surface area contributed by atoms with E-state index in [1.807, 2.05) is 39.0 Å². The number of fused-ring (bicyclic) bond motifs is 1. The molecule has 0 spiro atoms. The number of hydrogen-bond donors (Lipinski definition) is 1. The fourth-order valence-corrected chi connectivity index (χ4v) is 4.85. The number of nitrogens with one attached hydrogen (secondary N) is 1. The molecule has 8 heteroatoms. The molecule has 1 fully saturated rings. The lowest BCUT2D eigenvalue weighted by molar-refractivity contribution is -0.126. The van der Waals surface area contributed by atoms with Crippen molar-refractivity contribution in [2.24, 2.45) is 5.92 Å². The molecule has 0 atom stereocenters. The first kappa shape index (κ1) is 20.5. The summed E-state index contributed by atoms with van der Waals surface area (Å²) in [6.07, 6.45) is 3.16. The van der Waals surface area contributed by atoms with Gasteiger partial charge in [0.05, 0.1) is 6.54 Å². The largest absolute Gasteiger partial charge is 0.354 e. The van der Waals surface area contributed by atoms with Crippen LogP contribution in [-0.2, 0) is 11.3 Å². The Balaban J connectivity index is 1.50. The van der Waals surface area contributed by atoms with Gasteiger partial charge in [0.25, 0.3) is 5.56 Å². The van der Waals surface area contributed by atoms with Gasteiger partial charge in [-0.25, -0.2) is 4.98 Å². The number of thiazole rings is 1. The number of hydrogen-bond acceptors (Lipinski definition) is 6. The standard InChI is InChI=1S/C22H27N5O2S/c1-14(2)24-20(28)17-7-9-26(10-8-17)22-25-19-18(30-22)21(29)27(13-23-19)12-16-6-4-5-15(3)11-16/h4-6,11,13-14,17H,7-10,12H2,1-3H3,(H,24,28). The van der Waals surface area contributed by atoms with Gasteiger partial charge in [0.1, 0.15) is 11.0 Å². The van der Waals surface area contributed by atoms with Crippen LogP contribution in [0.25, 0.3) is 10.3 Å². The molecular formula is C22H27N5O2S. The summed E-state index contributed by atoms with van der Waals surface area (Å²) in [6, 6.07) is 8.29. The summed E-state index contributed by atoms with van der Waals surface area (Å²) in [4.78, 5) is 36.4. The summed E-state index contributed by atoms with van der Waals surface area (Å²) in [5, 5.41) is 3.81. The van der Waals surface area contributed by atoms with E-state index in [0.29, 0.717) is 16.9 Å². The van der Waals surface area contributed by atoms with Crippen molar-refractivity contribution in [3.63, 3.8) is 0 Å². The van der Waals surface area contributed by atoms with Crippen molar-refractivity contribution >= 4 is 32.7 Å². The van der Waals surface area contributed by atoms with Crippen LogP contribution in [0.5, 0.6) is 0 Å². The van der Waals surface area contributed by atoms with E-state index in [1.54, 1.807) is 10.9 Å². The molecule has 30 heavy (non-hydrogen) atoms. The molecule has 1 aliphatic rings. The zero-order valence-corrected chi connectivity index (χ0v) is 18.4. The number of carbonyl (C=O) groups is 1. The van der Waals surface area contributed by atoms with Gasteiger partial charge in [-0.1, -0.05) is 41.2 Å². The molecule has 4 rings (SSSR count). The van der Waals surface area contributed by atoms with Crippen LogP contribution in [0.3, 0.4) is 0 Å². The molecule has 0 unspecified atom stereocenters. The van der Waals surface area contributed by atoms with E-state index in [-0.39, 0.29) is 23.4 Å². The highest BCUT2D eigenvalue weighted by Gasteiger charge is 2.27. The molecule has 158 valence electrons. The molecule has 0 bridgehead atoms. The number of rotatable bonds is 5. The first-order valence-corrected chi connectivity index (χ1v) is 11.2. The first-order valence-electron chi connectivity index (χ1n) is 10.4. The van der Waals surface area contributed by atoms with Crippen molar-refractivity contribution in [3.8, 4) is 0 Å². The Hall–Kier alpha value is -2.74. The second kappa shape index (κ2) is 8.55. The Morgan fingerprint density at radius 3 is 2.77 bits per heavy atom. The SMILES string of the molecule is Cc1cccc(Cn2cnc3nc(N4CCC(C(=O)NC(C)C)CC4)sc3c2=O)c1. The first-order chi connectivity index (χ1) is 14.4. The highest BCUT2D eigenvalue weighted by atomic mass is 32.1. The summed E-state index contributed by atoms with van der Waals surface area (Å²) in [5.41, 5.74) is 2.68. The minimum absolute atomic E-state index is 0.0442. The number of aryl methyl sites for hydroxylation is 1. The van der Waals surface area contributed by atoms with Gasteiger partial charge in [-0.15, -0.1) is 0 Å². The fourth-order valence-electron chi connectivity index (χ4n) is 3.83. The zero-order chi connectivity index (χ0) is 21.3. The van der Waals surface area contributed by atoms with E-state index in [9.17, 15) is 9.59 Å². The monoisotopic (exact) mass is 425 g/mol. The summed E-state index contributed by atoms with van der Waals surface area (Å²) in [6.45, 7) is 8.01. The predicted octanol–water partition coefficient (Wildman–Crippen LogP) is 2.95. The van der Waals surface area contributed by atoms with Crippen molar-refractivity contribution in [2.75, 3.05) is 18.0 Å². The highest BCUT2D eigenvalue weighted by Crippen LogP contribution is 2.29. The van der Waals surface area contributed by atoms with Gasteiger partial charge in [-0.05, 0) is 39.2 Å². The third-order valence-corrected chi connectivity index (χ3v) is 6.47. The lowest BCUT2D eigenvalue weighted by Gasteiger charge is -2.31. The topological polar surface area (TPSA) is 80.1 Å². The Bertz CT molecular complexity index is 1110. The smallest absolute Gasteiger partial charge is 0.273 e. The van der Waals surface area contributed by atoms with E-state index >= 15 is 0 Å². The molecule has 1 amide bonds. The number of benzene rings is 1. The maximum atomic E-state index is 13.0. The van der Waals surface area contributed by atoms with Gasteiger partial charge in [0, 0.05) is 25.0 Å². The maximum Gasteiger partial charge on any atom is 0.273 e. The molecule has 1 aromatic carbocycles. The van der Waals surface area contributed by atoms with Crippen LogP contribution in [0.4, 0.5) is 5.13 Å². The van der Waals surface area contributed by atoms with Crippen LogP contribution < -0.4 is 15.8 Å². The van der Waals surface area contributed by atoms with Gasteiger partial charge < -0.3 is 10.2 Å². The Labute approximate surface area is 179 Å². The van der Waals surface area contributed by atoms with Crippen LogP contribution in [0.2, 0.25) is 0 Å². The van der Waals surface area contributed by atoms with Crippen molar-refractivity contribution in [2.45, 2.75) is 46.2 Å². The molecule has 0 saturated carbocycles. The number of aromatic nitrogens is 3. The van der Waals surface area contributed by atoms with Crippen LogP contribution in [-0.4, -0.2) is 39.6 Å². The van der Waals surface area contributed by atoms with Gasteiger partial charge >= 0.3 is 0 Å². The molecule has 2 aromatic heterocycles. The van der Waals surface area contributed by atoms with E-state index in [2.05, 4.69) is 26.3 Å². The predicted molar refractivity (Wildman–Crippen MR) is 120 cm³/mol. The van der Waals surface area contributed by atoms with Gasteiger partial charge in [-0.3, -0.25) is 14.2 Å². The lowest BCUT2D eigenvalue weighted by atomic mass is 9.96. The lowest BCUT2D eigenvalue weighted by Crippen LogP contribution is -2.42. The highest BCUT2D eigenvalue weighted by molar-refractivity contribution is 7.22. The quantitative estimate of drug-likeness (QED) is 0.680. The summed E-state index contributed by atoms with van der Waals surface area (Å²) in [7, 11) is 0. The second-order valence-electron chi connectivity index (χ2n) is 8.24.